The molecule has 0 unspecified atom stereocenters. The minimum atomic E-state index is -3.86. The summed E-state index contributed by atoms with van der Waals surface area (Å²) in [5.74, 6) is -0.919. The molecule has 0 atom stereocenters. The quantitative estimate of drug-likeness (QED) is 0.736. The van der Waals surface area contributed by atoms with Crippen LogP contribution in [-0.2, 0) is 10.0 Å². The highest BCUT2D eigenvalue weighted by atomic mass is 32.2. The number of hydrogen-bond donors (Lipinski definition) is 2. The van der Waals surface area contributed by atoms with Crippen LogP contribution < -0.4 is 24.2 Å². The fraction of sp³-hybridized carbons (Fsp3) is 0.278. The number of nitrogens with one attached hydrogen (secondary N) is 2. The number of ether oxygens (including phenoxy) is 3. The van der Waals surface area contributed by atoms with E-state index in [1.807, 2.05) is 0 Å². The number of methoxy groups -OCH3 is 1. The van der Waals surface area contributed by atoms with Gasteiger partial charge in [-0.1, -0.05) is 0 Å². The van der Waals surface area contributed by atoms with E-state index in [9.17, 15) is 22.0 Å². The van der Waals surface area contributed by atoms with Crippen LogP contribution in [-0.4, -0.2) is 33.8 Å². The lowest BCUT2D eigenvalue weighted by Gasteiger charge is -2.12. The van der Waals surface area contributed by atoms with Crippen LogP contribution in [0.25, 0.3) is 0 Å². The second-order valence-electron chi connectivity index (χ2n) is 6.54. The second-order valence-corrected chi connectivity index (χ2v) is 8.23. The maximum atomic E-state index is 13.1. The lowest BCUT2D eigenvalue weighted by atomic mass is 10.2. The van der Waals surface area contributed by atoms with Crippen molar-refractivity contribution in [3.63, 3.8) is 0 Å². The number of hydrogen-bond acceptors (Lipinski definition) is 6. The number of carbonyl (C=O) groups excluding carboxylic acids is 1. The summed E-state index contributed by atoms with van der Waals surface area (Å²) >= 11 is 0. The number of alkyl halides is 2. The predicted molar refractivity (Wildman–Crippen MR) is 96.9 cm³/mol. The van der Waals surface area contributed by atoms with Crippen LogP contribution in [0.5, 0.6) is 17.2 Å². The number of benzene rings is 2. The van der Waals surface area contributed by atoms with Crippen molar-refractivity contribution < 1.29 is 36.2 Å². The number of sulfonamides is 1. The zero-order valence-electron chi connectivity index (χ0n) is 15.1. The maximum absolute atomic E-state index is 13.1. The van der Waals surface area contributed by atoms with Crippen LogP contribution in [0.4, 0.5) is 14.5 Å². The molecule has 1 aliphatic heterocycles. The maximum Gasteiger partial charge on any atom is 0.586 e. The van der Waals surface area contributed by atoms with Crippen LogP contribution in [0, 0.1) is 0 Å². The van der Waals surface area contributed by atoms with Crippen LogP contribution in [0.1, 0.15) is 23.2 Å². The van der Waals surface area contributed by atoms with Crippen molar-refractivity contribution in [1.29, 1.82) is 0 Å². The molecule has 2 aliphatic rings. The Morgan fingerprint density at radius 1 is 1.14 bits per heavy atom. The zero-order chi connectivity index (χ0) is 20.8. The summed E-state index contributed by atoms with van der Waals surface area (Å²) in [6.45, 7) is 0. The molecule has 4 rings (SSSR count). The van der Waals surface area contributed by atoms with Gasteiger partial charge in [0.2, 0.25) is 10.0 Å². The largest absolute Gasteiger partial charge is 0.586 e. The fourth-order valence-electron chi connectivity index (χ4n) is 2.74. The average molecular weight is 426 g/mol. The number of rotatable bonds is 6. The van der Waals surface area contributed by atoms with E-state index in [0.717, 1.165) is 12.8 Å². The Hall–Kier alpha value is -2.92. The van der Waals surface area contributed by atoms with Crippen LogP contribution in [0.3, 0.4) is 0 Å². The lowest BCUT2D eigenvalue weighted by molar-refractivity contribution is -0.286. The molecule has 1 amide bonds. The van der Waals surface area contributed by atoms with Crippen LogP contribution >= 0.6 is 0 Å². The van der Waals surface area contributed by atoms with Gasteiger partial charge in [0.15, 0.2) is 11.5 Å². The molecule has 29 heavy (non-hydrogen) atoms. The van der Waals surface area contributed by atoms with E-state index in [4.69, 9.17) is 4.74 Å². The van der Waals surface area contributed by atoms with E-state index in [-0.39, 0.29) is 39.4 Å². The normalized spacial score (nSPS) is 17.1. The molecule has 1 fully saturated rings. The molecular formula is C18H16F2N2O6S. The minimum absolute atomic E-state index is 0.0463. The Morgan fingerprint density at radius 3 is 2.55 bits per heavy atom. The van der Waals surface area contributed by atoms with Gasteiger partial charge in [0.25, 0.3) is 5.91 Å². The molecule has 1 aliphatic carbocycles. The highest BCUT2D eigenvalue weighted by molar-refractivity contribution is 7.89. The predicted octanol–water partition coefficient (Wildman–Crippen LogP) is 2.71. The van der Waals surface area contributed by atoms with Crippen molar-refractivity contribution in [3.8, 4) is 17.2 Å². The molecular weight excluding hydrogens is 410 g/mol. The van der Waals surface area contributed by atoms with Crippen molar-refractivity contribution in [3.05, 3.63) is 42.0 Å². The Kier molecular flexibility index (Phi) is 4.58. The van der Waals surface area contributed by atoms with Crippen molar-refractivity contribution >= 4 is 21.6 Å². The Labute approximate surface area is 164 Å². The highest BCUT2D eigenvalue weighted by Crippen LogP contribution is 2.42. The van der Waals surface area contributed by atoms with Crippen molar-refractivity contribution in [1.82, 2.24) is 4.72 Å². The monoisotopic (exact) mass is 426 g/mol. The molecule has 11 heteroatoms. The summed E-state index contributed by atoms with van der Waals surface area (Å²) in [5, 5.41) is 2.51. The van der Waals surface area contributed by atoms with Gasteiger partial charge in [0, 0.05) is 23.4 Å². The van der Waals surface area contributed by atoms with Gasteiger partial charge in [0.1, 0.15) is 10.6 Å². The van der Waals surface area contributed by atoms with Crippen molar-refractivity contribution in [2.45, 2.75) is 30.1 Å². The highest BCUT2D eigenvalue weighted by Gasteiger charge is 2.43. The fourth-order valence-corrected chi connectivity index (χ4v) is 4.24. The molecule has 0 saturated heterocycles. The number of halogens is 2. The van der Waals surface area contributed by atoms with Crippen LogP contribution in [0.2, 0.25) is 0 Å². The summed E-state index contributed by atoms with van der Waals surface area (Å²) < 4.78 is 67.6. The minimum Gasteiger partial charge on any atom is -0.495 e. The van der Waals surface area contributed by atoms with Gasteiger partial charge >= 0.3 is 6.29 Å². The number of amides is 1. The third-order valence-corrected chi connectivity index (χ3v) is 5.82. The van der Waals surface area contributed by atoms with E-state index in [0.29, 0.717) is 0 Å². The summed E-state index contributed by atoms with van der Waals surface area (Å²) in [4.78, 5) is 12.4. The topological polar surface area (TPSA) is 103 Å². The third-order valence-electron chi connectivity index (χ3n) is 4.27. The SMILES string of the molecule is COc1ccc(C(=O)Nc2ccc3c(c2)OC(F)(F)O3)cc1S(=O)(=O)NC1CC1. The van der Waals surface area contributed by atoms with Gasteiger partial charge in [-0.2, -0.15) is 0 Å². The lowest BCUT2D eigenvalue weighted by Crippen LogP contribution is -2.26. The summed E-state index contributed by atoms with van der Waals surface area (Å²) in [6, 6.07) is 7.62. The molecule has 0 bridgehead atoms. The van der Waals surface area contributed by atoms with Gasteiger partial charge in [-0.3, -0.25) is 4.79 Å². The standard InChI is InChI=1S/C18H16F2N2O6S/c1-26-14-6-2-10(8-16(14)29(24,25)22-11-3-4-11)17(23)21-12-5-7-13-15(9-12)28-18(19,20)27-13/h2,5-9,11,22H,3-4H2,1H3,(H,21,23). The number of fused-ring (bicyclic) bond motifs is 1. The van der Waals surface area contributed by atoms with Crippen LogP contribution in [0.15, 0.2) is 41.3 Å². The first-order valence-corrected chi connectivity index (χ1v) is 10.1. The molecule has 1 heterocycles. The van der Waals surface area contributed by atoms with Gasteiger partial charge in [-0.15, -0.1) is 8.78 Å². The smallest absolute Gasteiger partial charge is 0.495 e. The molecule has 0 spiro atoms. The molecule has 2 aromatic carbocycles. The number of anilines is 1. The van der Waals surface area contributed by atoms with Gasteiger partial charge in [-0.05, 0) is 43.2 Å². The number of carbonyl (C=O) groups is 1. The third kappa shape index (κ3) is 4.10. The first-order chi connectivity index (χ1) is 13.7. The molecule has 2 aromatic rings. The summed E-state index contributed by atoms with van der Waals surface area (Å²) in [6.07, 6.45) is -2.26. The molecule has 154 valence electrons. The van der Waals surface area contributed by atoms with Gasteiger partial charge in [-0.25, -0.2) is 13.1 Å². The molecule has 0 aromatic heterocycles. The molecule has 1 saturated carbocycles. The second kappa shape index (κ2) is 6.85. The summed E-state index contributed by atoms with van der Waals surface area (Å²) in [5.41, 5.74) is 0.219. The molecule has 0 radical (unpaired) electrons. The van der Waals surface area contributed by atoms with E-state index >= 15 is 0 Å². The van der Waals surface area contributed by atoms with E-state index in [1.165, 1.54) is 43.5 Å². The Bertz CT molecular complexity index is 1090. The molecule has 8 nitrogen and oxygen atoms in total. The van der Waals surface area contributed by atoms with Gasteiger partial charge in [0.05, 0.1) is 7.11 Å². The zero-order valence-corrected chi connectivity index (χ0v) is 15.9. The van der Waals surface area contributed by atoms with Crippen molar-refractivity contribution in [2.24, 2.45) is 0 Å². The Morgan fingerprint density at radius 2 is 1.86 bits per heavy atom. The van der Waals surface area contributed by atoms with Crippen molar-refractivity contribution in [2.75, 3.05) is 12.4 Å². The van der Waals surface area contributed by atoms with E-state index in [1.54, 1.807) is 0 Å². The summed E-state index contributed by atoms with van der Waals surface area (Å²) in [7, 11) is -2.54. The van der Waals surface area contributed by atoms with E-state index < -0.39 is 22.2 Å². The molecule has 2 N–H and O–H groups in total. The van der Waals surface area contributed by atoms with E-state index in [2.05, 4.69) is 19.5 Å². The average Bonchev–Trinajstić information content (AvgIpc) is 3.40. The first kappa shape index (κ1) is 19.4. The Balaban J connectivity index is 1.57. The first-order valence-electron chi connectivity index (χ1n) is 8.58. The van der Waals surface area contributed by atoms with Gasteiger partial charge < -0.3 is 19.5 Å².